The molecule has 0 unspecified atom stereocenters. The first kappa shape index (κ1) is 21.5. The number of alkyl halides is 2. The standard InChI is InChI=1S/C21H16F2O6/c1-29-18-11-14(3-7-17(18)26)5-9-20(28)21(22,23)19(27)8-4-13-2-6-16(25)15(10-13)12-24/h2-12,25-26H,1H3/b8-4+,9-5+. The van der Waals surface area contributed by atoms with Crippen LogP contribution in [0.15, 0.2) is 48.6 Å². The summed E-state index contributed by atoms with van der Waals surface area (Å²) in [4.78, 5) is 34.4. The summed E-state index contributed by atoms with van der Waals surface area (Å²) in [7, 11) is 1.30. The Balaban J connectivity index is 2.15. The van der Waals surface area contributed by atoms with Gasteiger partial charge in [0.2, 0.25) is 11.6 Å². The van der Waals surface area contributed by atoms with Gasteiger partial charge >= 0.3 is 5.92 Å². The van der Waals surface area contributed by atoms with Crippen molar-refractivity contribution in [1.29, 1.82) is 0 Å². The van der Waals surface area contributed by atoms with Crippen molar-refractivity contribution >= 4 is 30.0 Å². The van der Waals surface area contributed by atoms with Crippen LogP contribution >= 0.6 is 0 Å². The summed E-state index contributed by atoms with van der Waals surface area (Å²) >= 11 is 0. The Morgan fingerprint density at radius 3 is 1.97 bits per heavy atom. The number of hydrogen-bond donors (Lipinski definition) is 2. The molecule has 0 fully saturated rings. The Bertz CT molecular complexity index is 1010. The molecule has 0 radical (unpaired) electrons. The number of carbonyl (C=O) groups excluding carboxylic acids is 3. The SMILES string of the molecule is COc1cc(/C=C/C(=O)C(F)(F)C(=O)/C=C/c2ccc(O)c(C=O)c2)ccc1O. The van der Waals surface area contributed by atoms with Gasteiger partial charge in [0, 0.05) is 0 Å². The van der Waals surface area contributed by atoms with Crippen LogP contribution in [0, 0.1) is 0 Å². The quantitative estimate of drug-likeness (QED) is 0.399. The van der Waals surface area contributed by atoms with E-state index < -0.39 is 17.5 Å². The molecule has 8 heteroatoms. The lowest BCUT2D eigenvalue weighted by Gasteiger charge is -2.09. The number of aromatic hydroxyl groups is 2. The zero-order valence-corrected chi connectivity index (χ0v) is 15.1. The number of allylic oxidation sites excluding steroid dienone is 2. The monoisotopic (exact) mass is 402 g/mol. The van der Waals surface area contributed by atoms with Gasteiger partial charge < -0.3 is 14.9 Å². The molecule has 0 aromatic heterocycles. The van der Waals surface area contributed by atoms with E-state index in [1.807, 2.05) is 0 Å². The summed E-state index contributed by atoms with van der Waals surface area (Å²) in [5, 5.41) is 18.9. The van der Waals surface area contributed by atoms with E-state index in [0.29, 0.717) is 24.0 Å². The van der Waals surface area contributed by atoms with Crippen LogP contribution in [0.2, 0.25) is 0 Å². The zero-order valence-electron chi connectivity index (χ0n) is 15.1. The van der Waals surface area contributed by atoms with Crippen LogP contribution in [0.4, 0.5) is 8.78 Å². The Morgan fingerprint density at radius 1 is 0.931 bits per heavy atom. The van der Waals surface area contributed by atoms with E-state index in [1.54, 1.807) is 0 Å². The molecule has 0 spiro atoms. The highest BCUT2D eigenvalue weighted by atomic mass is 19.3. The van der Waals surface area contributed by atoms with Crippen molar-refractivity contribution in [3.63, 3.8) is 0 Å². The maximum atomic E-state index is 14.1. The minimum atomic E-state index is -4.29. The molecule has 29 heavy (non-hydrogen) atoms. The van der Waals surface area contributed by atoms with Crippen LogP contribution in [0.1, 0.15) is 21.5 Å². The minimum Gasteiger partial charge on any atom is -0.507 e. The number of carbonyl (C=O) groups is 3. The summed E-state index contributed by atoms with van der Waals surface area (Å²) < 4.78 is 33.0. The average molecular weight is 402 g/mol. The highest BCUT2D eigenvalue weighted by molar-refractivity contribution is 6.18. The first-order valence-electron chi connectivity index (χ1n) is 8.17. The van der Waals surface area contributed by atoms with Gasteiger partial charge in [0.05, 0.1) is 12.7 Å². The number of phenols is 2. The topological polar surface area (TPSA) is 101 Å². The lowest BCUT2D eigenvalue weighted by molar-refractivity contribution is -0.150. The van der Waals surface area contributed by atoms with Gasteiger partial charge in [-0.3, -0.25) is 14.4 Å². The number of phenolic OH excluding ortho intramolecular Hbond substituents is 2. The van der Waals surface area contributed by atoms with E-state index in [4.69, 9.17) is 4.74 Å². The van der Waals surface area contributed by atoms with E-state index in [0.717, 1.165) is 12.2 Å². The third-order valence-electron chi connectivity index (χ3n) is 3.86. The van der Waals surface area contributed by atoms with Crippen LogP contribution in [0.25, 0.3) is 12.2 Å². The molecule has 0 bridgehead atoms. The molecule has 2 aromatic carbocycles. The van der Waals surface area contributed by atoms with Crippen molar-refractivity contribution < 1.29 is 38.1 Å². The lowest BCUT2D eigenvalue weighted by Crippen LogP contribution is -2.35. The molecule has 2 N–H and O–H groups in total. The van der Waals surface area contributed by atoms with Crippen molar-refractivity contribution in [2.75, 3.05) is 7.11 Å². The smallest absolute Gasteiger partial charge is 0.370 e. The van der Waals surface area contributed by atoms with E-state index in [2.05, 4.69) is 0 Å². The molecule has 0 atom stereocenters. The van der Waals surface area contributed by atoms with Crippen LogP contribution < -0.4 is 4.74 Å². The van der Waals surface area contributed by atoms with Gasteiger partial charge in [-0.05, 0) is 47.5 Å². The summed E-state index contributed by atoms with van der Waals surface area (Å²) in [5.41, 5.74) is 0.445. The Kier molecular flexibility index (Phi) is 6.61. The van der Waals surface area contributed by atoms with E-state index in [9.17, 15) is 33.4 Å². The first-order chi connectivity index (χ1) is 13.7. The van der Waals surface area contributed by atoms with Crippen molar-refractivity contribution in [2.24, 2.45) is 0 Å². The van der Waals surface area contributed by atoms with E-state index in [-0.39, 0.29) is 28.4 Å². The number of methoxy groups -OCH3 is 1. The molecule has 2 rings (SSSR count). The summed E-state index contributed by atoms with van der Waals surface area (Å²) in [6.45, 7) is 0. The van der Waals surface area contributed by atoms with Crippen molar-refractivity contribution in [3.8, 4) is 17.2 Å². The fraction of sp³-hybridized carbons (Fsp3) is 0.0952. The lowest BCUT2D eigenvalue weighted by atomic mass is 10.1. The van der Waals surface area contributed by atoms with Crippen LogP contribution in [-0.4, -0.2) is 41.1 Å². The maximum absolute atomic E-state index is 14.1. The molecule has 150 valence electrons. The molecule has 0 saturated heterocycles. The second kappa shape index (κ2) is 8.92. The fourth-order valence-corrected chi connectivity index (χ4v) is 2.24. The number of rotatable bonds is 8. The summed E-state index contributed by atoms with van der Waals surface area (Å²) in [5.74, 6) is -8.12. The Labute approximate surface area is 164 Å². The molecular weight excluding hydrogens is 386 g/mol. The van der Waals surface area contributed by atoms with Gasteiger partial charge in [-0.25, -0.2) is 0 Å². The number of hydrogen-bond acceptors (Lipinski definition) is 6. The zero-order chi connectivity index (χ0) is 21.6. The second-order valence-corrected chi connectivity index (χ2v) is 5.84. The average Bonchev–Trinajstić information content (AvgIpc) is 2.71. The van der Waals surface area contributed by atoms with E-state index >= 15 is 0 Å². The number of ether oxygens (including phenoxy) is 1. The maximum Gasteiger partial charge on any atom is 0.370 e. The van der Waals surface area contributed by atoms with Gasteiger partial charge in [0.15, 0.2) is 17.8 Å². The third kappa shape index (κ3) is 5.13. The highest BCUT2D eigenvalue weighted by Crippen LogP contribution is 2.27. The second-order valence-electron chi connectivity index (χ2n) is 5.84. The van der Waals surface area contributed by atoms with Crippen LogP contribution in [-0.2, 0) is 9.59 Å². The molecule has 0 amide bonds. The Morgan fingerprint density at radius 2 is 1.45 bits per heavy atom. The molecular formula is C21H16F2O6. The fourth-order valence-electron chi connectivity index (χ4n) is 2.24. The van der Waals surface area contributed by atoms with Gasteiger partial charge in [0.1, 0.15) is 5.75 Å². The van der Waals surface area contributed by atoms with E-state index in [1.165, 1.54) is 43.5 Å². The van der Waals surface area contributed by atoms with Crippen LogP contribution in [0.3, 0.4) is 0 Å². The Hall–Kier alpha value is -3.81. The molecule has 0 aliphatic carbocycles. The minimum absolute atomic E-state index is 0.0744. The molecule has 6 nitrogen and oxygen atoms in total. The third-order valence-corrected chi connectivity index (χ3v) is 3.86. The van der Waals surface area contributed by atoms with Gasteiger partial charge in [-0.1, -0.05) is 24.3 Å². The first-order valence-corrected chi connectivity index (χ1v) is 8.17. The molecule has 2 aromatic rings. The molecule has 0 saturated carbocycles. The van der Waals surface area contributed by atoms with Crippen molar-refractivity contribution in [1.82, 2.24) is 0 Å². The summed E-state index contributed by atoms with van der Waals surface area (Å²) in [6.07, 6.45) is 3.52. The number of halogens is 2. The van der Waals surface area contributed by atoms with Gasteiger partial charge in [0.25, 0.3) is 0 Å². The predicted octanol–water partition coefficient (Wildman–Crippen LogP) is 3.42. The molecule has 0 aliphatic rings. The molecule has 0 aliphatic heterocycles. The van der Waals surface area contributed by atoms with Gasteiger partial charge in [-0.15, -0.1) is 0 Å². The van der Waals surface area contributed by atoms with Gasteiger partial charge in [-0.2, -0.15) is 8.78 Å². The number of ketones is 2. The summed E-state index contributed by atoms with van der Waals surface area (Å²) in [6, 6.07) is 7.64. The highest BCUT2D eigenvalue weighted by Gasteiger charge is 2.43. The predicted molar refractivity (Wildman–Crippen MR) is 101 cm³/mol. The largest absolute Gasteiger partial charge is 0.507 e. The normalized spacial score (nSPS) is 11.7. The van der Waals surface area contributed by atoms with Crippen LogP contribution in [0.5, 0.6) is 17.2 Å². The number of benzene rings is 2. The van der Waals surface area contributed by atoms with Crippen molar-refractivity contribution in [2.45, 2.75) is 5.92 Å². The molecule has 0 heterocycles. The van der Waals surface area contributed by atoms with Crippen molar-refractivity contribution in [3.05, 3.63) is 65.2 Å². The number of aldehydes is 1.